The van der Waals surface area contributed by atoms with Gasteiger partial charge in [0, 0.05) is 16.8 Å². The van der Waals surface area contributed by atoms with Gasteiger partial charge in [0.05, 0.1) is 0 Å². The second-order valence-electron chi connectivity index (χ2n) is 4.55. The van der Waals surface area contributed by atoms with Crippen molar-refractivity contribution in [2.45, 2.75) is 13.2 Å². The van der Waals surface area contributed by atoms with Crippen LogP contribution in [0, 0.1) is 0 Å². The van der Waals surface area contributed by atoms with Gasteiger partial charge in [-0.3, -0.25) is 0 Å². The summed E-state index contributed by atoms with van der Waals surface area (Å²) in [5, 5.41) is 13.0. The van der Waals surface area contributed by atoms with Gasteiger partial charge in [0.1, 0.15) is 6.61 Å². The molecule has 0 spiro atoms. The minimum atomic E-state index is 0.162. The van der Waals surface area contributed by atoms with Gasteiger partial charge >= 0.3 is 0 Å². The van der Waals surface area contributed by atoms with Gasteiger partial charge in [0.2, 0.25) is 0 Å². The topological polar surface area (TPSA) is 55.5 Å². The third-order valence-electron chi connectivity index (χ3n) is 3.20. The molecular formula is C16H15NO2S. The maximum absolute atomic E-state index is 9.70. The van der Waals surface area contributed by atoms with E-state index in [0.717, 1.165) is 11.1 Å². The Bertz CT molecular complexity index is 736. The first kappa shape index (κ1) is 13.0. The van der Waals surface area contributed by atoms with Crippen molar-refractivity contribution >= 4 is 21.4 Å². The maximum atomic E-state index is 9.70. The van der Waals surface area contributed by atoms with Crippen LogP contribution in [-0.2, 0) is 13.2 Å². The number of hydrogen-bond donors (Lipinski definition) is 2. The minimum absolute atomic E-state index is 0.162. The lowest BCUT2D eigenvalue weighted by Gasteiger charge is -2.07. The van der Waals surface area contributed by atoms with Crippen molar-refractivity contribution in [1.29, 1.82) is 0 Å². The van der Waals surface area contributed by atoms with Crippen LogP contribution >= 0.6 is 11.3 Å². The average Bonchev–Trinajstić information content (AvgIpc) is 2.88. The lowest BCUT2D eigenvalue weighted by molar-refractivity contribution is 0.290. The van der Waals surface area contributed by atoms with E-state index in [0.29, 0.717) is 18.9 Å². The maximum Gasteiger partial charge on any atom is 0.161 e. The average molecular weight is 285 g/mol. The fourth-order valence-electron chi connectivity index (χ4n) is 2.10. The van der Waals surface area contributed by atoms with E-state index < -0.39 is 0 Å². The zero-order chi connectivity index (χ0) is 13.9. The zero-order valence-electron chi connectivity index (χ0n) is 10.9. The number of thiophene rings is 1. The fourth-order valence-corrected chi connectivity index (χ4v) is 3.03. The van der Waals surface area contributed by atoms with E-state index in [1.165, 1.54) is 10.1 Å². The normalized spacial score (nSPS) is 10.8. The van der Waals surface area contributed by atoms with E-state index >= 15 is 0 Å². The Kier molecular flexibility index (Phi) is 3.58. The number of ether oxygens (including phenoxy) is 1. The molecule has 0 aliphatic carbocycles. The first-order valence-electron chi connectivity index (χ1n) is 6.38. The molecule has 0 amide bonds. The largest absolute Gasteiger partial charge is 0.504 e. The van der Waals surface area contributed by atoms with Crippen molar-refractivity contribution in [3.05, 3.63) is 59.0 Å². The van der Waals surface area contributed by atoms with Gasteiger partial charge < -0.3 is 15.6 Å². The number of benzene rings is 2. The molecule has 0 bridgehead atoms. The molecule has 0 atom stereocenters. The molecule has 20 heavy (non-hydrogen) atoms. The van der Waals surface area contributed by atoms with E-state index in [2.05, 4.69) is 17.5 Å². The number of nitrogens with two attached hydrogens (primary N) is 1. The van der Waals surface area contributed by atoms with Gasteiger partial charge in [0.15, 0.2) is 11.5 Å². The quantitative estimate of drug-likeness (QED) is 0.769. The molecule has 3 N–H and O–H groups in total. The van der Waals surface area contributed by atoms with Crippen molar-refractivity contribution in [1.82, 2.24) is 0 Å². The number of phenols is 1. The number of hydrogen-bond acceptors (Lipinski definition) is 4. The van der Waals surface area contributed by atoms with Crippen LogP contribution < -0.4 is 10.5 Å². The highest BCUT2D eigenvalue weighted by Gasteiger charge is 2.07. The van der Waals surface area contributed by atoms with Crippen molar-refractivity contribution in [2.75, 3.05) is 0 Å². The van der Waals surface area contributed by atoms with Crippen LogP contribution in [0.2, 0.25) is 0 Å². The van der Waals surface area contributed by atoms with Crippen molar-refractivity contribution in [2.24, 2.45) is 5.73 Å². The van der Waals surface area contributed by atoms with Crippen LogP contribution in [0.4, 0.5) is 0 Å². The van der Waals surface area contributed by atoms with Crippen molar-refractivity contribution in [3.63, 3.8) is 0 Å². The summed E-state index contributed by atoms with van der Waals surface area (Å²) in [6, 6.07) is 13.2. The monoisotopic (exact) mass is 285 g/mol. The lowest BCUT2D eigenvalue weighted by atomic mass is 10.1. The zero-order valence-corrected chi connectivity index (χ0v) is 11.7. The number of para-hydroxylation sites is 2. The van der Waals surface area contributed by atoms with Crippen molar-refractivity contribution < 1.29 is 9.84 Å². The van der Waals surface area contributed by atoms with E-state index in [4.69, 9.17) is 10.5 Å². The summed E-state index contributed by atoms with van der Waals surface area (Å²) in [6.07, 6.45) is 0. The molecule has 0 unspecified atom stereocenters. The summed E-state index contributed by atoms with van der Waals surface area (Å²) in [5.74, 6) is 0.663. The smallest absolute Gasteiger partial charge is 0.161 e. The molecule has 3 aromatic rings. The second-order valence-corrected chi connectivity index (χ2v) is 5.46. The number of aromatic hydroxyl groups is 1. The standard InChI is InChI=1S/C16H15NO2S/c17-8-11-5-6-16-13(7-11)12(10-20-16)9-19-15-4-2-1-3-14(15)18/h1-7,10,18H,8-9,17H2. The Morgan fingerprint density at radius 2 is 2.00 bits per heavy atom. The Hall–Kier alpha value is -2.04. The summed E-state index contributed by atoms with van der Waals surface area (Å²) in [6.45, 7) is 0.969. The van der Waals surface area contributed by atoms with Crippen LogP contribution in [0.15, 0.2) is 47.8 Å². The number of phenolic OH excluding ortho intramolecular Hbond substituents is 1. The SMILES string of the molecule is NCc1ccc2scc(COc3ccccc3O)c2c1. The Labute approximate surface area is 121 Å². The number of rotatable bonds is 4. The highest BCUT2D eigenvalue weighted by Crippen LogP contribution is 2.30. The second kappa shape index (κ2) is 5.53. The molecule has 1 heterocycles. The molecule has 0 radical (unpaired) electrons. The molecule has 0 saturated heterocycles. The number of fused-ring (bicyclic) bond motifs is 1. The summed E-state index contributed by atoms with van der Waals surface area (Å²) < 4.78 is 6.91. The molecule has 3 rings (SSSR count). The van der Waals surface area contributed by atoms with E-state index in [-0.39, 0.29) is 5.75 Å². The van der Waals surface area contributed by atoms with Gasteiger partial charge in [-0.15, -0.1) is 11.3 Å². The van der Waals surface area contributed by atoms with Crippen LogP contribution in [0.1, 0.15) is 11.1 Å². The molecule has 1 aromatic heterocycles. The van der Waals surface area contributed by atoms with E-state index in [9.17, 15) is 5.11 Å². The highest BCUT2D eigenvalue weighted by molar-refractivity contribution is 7.17. The molecular weight excluding hydrogens is 270 g/mol. The fraction of sp³-hybridized carbons (Fsp3) is 0.125. The summed E-state index contributed by atoms with van der Waals surface area (Å²) >= 11 is 1.69. The molecule has 102 valence electrons. The van der Waals surface area contributed by atoms with Crippen LogP contribution in [-0.4, -0.2) is 5.11 Å². The molecule has 0 saturated carbocycles. The Morgan fingerprint density at radius 3 is 2.80 bits per heavy atom. The molecule has 4 heteroatoms. The van der Waals surface area contributed by atoms with Gasteiger partial charge in [0.25, 0.3) is 0 Å². The first-order chi connectivity index (χ1) is 9.78. The van der Waals surface area contributed by atoms with Gasteiger partial charge in [-0.25, -0.2) is 0 Å². The molecule has 0 aliphatic rings. The predicted molar refractivity (Wildman–Crippen MR) is 82.2 cm³/mol. The molecule has 0 aliphatic heterocycles. The molecule has 3 nitrogen and oxygen atoms in total. The summed E-state index contributed by atoms with van der Waals surface area (Å²) in [7, 11) is 0. The van der Waals surface area contributed by atoms with Gasteiger partial charge in [-0.1, -0.05) is 18.2 Å². The third-order valence-corrected chi connectivity index (χ3v) is 4.21. The predicted octanol–water partition coefficient (Wildman–Crippen LogP) is 3.64. The van der Waals surface area contributed by atoms with Crippen molar-refractivity contribution in [3.8, 4) is 11.5 Å². The third kappa shape index (κ3) is 2.48. The lowest BCUT2D eigenvalue weighted by Crippen LogP contribution is -1.97. The van der Waals surface area contributed by atoms with Crippen LogP contribution in [0.25, 0.3) is 10.1 Å². The molecule has 0 fully saturated rings. The summed E-state index contributed by atoms with van der Waals surface area (Å²) in [5.41, 5.74) is 7.91. The van der Waals surface area contributed by atoms with Gasteiger partial charge in [-0.2, -0.15) is 0 Å². The van der Waals surface area contributed by atoms with Crippen LogP contribution in [0.5, 0.6) is 11.5 Å². The first-order valence-corrected chi connectivity index (χ1v) is 7.26. The van der Waals surface area contributed by atoms with Crippen LogP contribution in [0.3, 0.4) is 0 Å². The minimum Gasteiger partial charge on any atom is -0.504 e. The van der Waals surface area contributed by atoms with E-state index in [1.807, 2.05) is 12.1 Å². The molecule has 2 aromatic carbocycles. The Balaban J connectivity index is 1.86. The highest BCUT2D eigenvalue weighted by atomic mass is 32.1. The Morgan fingerprint density at radius 1 is 1.15 bits per heavy atom. The van der Waals surface area contributed by atoms with E-state index in [1.54, 1.807) is 29.5 Å². The summed E-state index contributed by atoms with van der Waals surface area (Å²) in [4.78, 5) is 0. The van der Waals surface area contributed by atoms with Gasteiger partial charge in [-0.05, 0) is 40.6 Å².